The molecule has 126 valence electrons. The van der Waals surface area contributed by atoms with Crippen molar-refractivity contribution in [3.05, 3.63) is 54.0 Å². The second-order valence-electron chi connectivity index (χ2n) is 4.62. The maximum absolute atomic E-state index is 12.7. The summed E-state index contributed by atoms with van der Waals surface area (Å²) in [5, 5.41) is 0. The van der Waals surface area contributed by atoms with Crippen LogP contribution in [-0.2, 0) is 20.9 Å². The highest BCUT2D eigenvalue weighted by Crippen LogP contribution is 2.30. The minimum atomic E-state index is -4.62. The number of rotatable bonds is 6. The van der Waals surface area contributed by atoms with Crippen LogP contribution in [0.25, 0.3) is 0 Å². The van der Waals surface area contributed by atoms with Crippen LogP contribution >= 0.6 is 0 Å². The third-order valence-electron chi connectivity index (χ3n) is 3.08. The van der Waals surface area contributed by atoms with Crippen LogP contribution in [0.3, 0.4) is 0 Å². The van der Waals surface area contributed by atoms with Gasteiger partial charge >= 0.3 is 6.18 Å². The standard InChI is InChI=1S/C14H14F3NO4S/c1-21-13(12-6-3-7-22-12)9-18-23(19,20)11-5-2-4-10(8-11)14(15,16)17/h2-8,13,18H,9H2,1H3/t13-/m1/s1. The van der Waals surface area contributed by atoms with Gasteiger partial charge in [-0.1, -0.05) is 6.07 Å². The van der Waals surface area contributed by atoms with Crippen molar-refractivity contribution >= 4 is 10.0 Å². The summed E-state index contributed by atoms with van der Waals surface area (Å²) in [5.41, 5.74) is -1.03. The lowest BCUT2D eigenvalue weighted by Crippen LogP contribution is -2.29. The number of halogens is 3. The molecule has 1 atom stereocenters. The Hall–Kier alpha value is -1.84. The first-order valence-corrected chi connectivity index (χ1v) is 7.95. The fraction of sp³-hybridized carbons (Fsp3) is 0.286. The average molecular weight is 349 g/mol. The van der Waals surface area contributed by atoms with E-state index in [0.29, 0.717) is 11.8 Å². The summed E-state index contributed by atoms with van der Waals surface area (Å²) in [4.78, 5) is -0.471. The molecule has 0 radical (unpaired) electrons. The summed E-state index contributed by atoms with van der Waals surface area (Å²) >= 11 is 0. The Morgan fingerprint density at radius 1 is 1.26 bits per heavy atom. The minimum absolute atomic E-state index is 0.178. The number of hydrogen-bond acceptors (Lipinski definition) is 4. The predicted octanol–water partition coefficient (Wildman–Crippen LogP) is 2.96. The van der Waals surface area contributed by atoms with Crippen molar-refractivity contribution in [3.63, 3.8) is 0 Å². The van der Waals surface area contributed by atoms with E-state index in [0.717, 1.165) is 18.2 Å². The van der Waals surface area contributed by atoms with Gasteiger partial charge in [-0.25, -0.2) is 13.1 Å². The molecule has 0 aliphatic heterocycles. The van der Waals surface area contributed by atoms with Crippen LogP contribution in [0.1, 0.15) is 17.4 Å². The first-order chi connectivity index (χ1) is 10.7. The van der Waals surface area contributed by atoms with Crippen molar-refractivity contribution in [1.82, 2.24) is 4.72 Å². The molecular weight excluding hydrogens is 335 g/mol. The van der Waals surface area contributed by atoms with Crippen LogP contribution in [-0.4, -0.2) is 22.1 Å². The van der Waals surface area contributed by atoms with Crippen molar-refractivity contribution in [1.29, 1.82) is 0 Å². The molecule has 0 unspecified atom stereocenters. The first kappa shape index (κ1) is 17.5. The normalized spacial score (nSPS) is 13.9. The molecular formula is C14H14F3NO4S. The Bertz CT molecular complexity index is 742. The zero-order valence-corrected chi connectivity index (χ0v) is 12.8. The molecule has 0 saturated carbocycles. The summed E-state index contributed by atoms with van der Waals surface area (Å²) in [5.74, 6) is 0.402. The Morgan fingerprint density at radius 2 is 2.00 bits per heavy atom. The molecule has 1 aromatic heterocycles. The zero-order chi connectivity index (χ0) is 17.1. The molecule has 0 aliphatic rings. The number of ether oxygens (including phenoxy) is 1. The van der Waals surface area contributed by atoms with Crippen LogP contribution < -0.4 is 4.72 Å². The number of sulfonamides is 1. The molecule has 2 rings (SSSR count). The molecule has 2 aromatic rings. The number of alkyl halides is 3. The van der Waals surface area contributed by atoms with E-state index in [4.69, 9.17) is 9.15 Å². The van der Waals surface area contributed by atoms with Crippen LogP contribution in [0.5, 0.6) is 0 Å². The Balaban J connectivity index is 2.16. The van der Waals surface area contributed by atoms with Gasteiger partial charge in [-0.05, 0) is 30.3 Å². The van der Waals surface area contributed by atoms with Gasteiger partial charge in [0.25, 0.3) is 0 Å². The maximum atomic E-state index is 12.7. The number of nitrogens with one attached hydrogen (secondary N) is 1. The van der Waals surface area contributed by atoms with E-state index in [1.54, 1.807) is 12.1 Å². The van der Waals surface area contributed by atoms with Gasteiger partial charge in [-0.3, -0.25) is 0 Å². The summed E-state index contributed by atoms with van der Waals surface area (Å²) in [7, 11) is -2.74. The van der Waals surface area contributed by atoms with Gasteiger partial charge in [0.15, 0.2) is 0 Å². The highest BCUT2D eigenvalue weighted by molar-refractivity contribution is 7.89. The molecule has 0 aliphatic carbocycles. The van der Waals surface area contributed by atoms with Crippen LogP contribution in [0.4, 0.5) is 13.2 Å². The molecule has 23 heavy (non-hydrogen) atoms. The van der Waals surface area contributed by atoms with Crippen LogP contribution in [0.2, 0.25) is 0 Å². The van der Waals surface area contributed by atoms with E-state index in [2.05, 4.69) is 4.72 Å². The van der Waals surface area contributed by atoms with Gasteiger partial charge in [0.05, 0.1) is 16.7 Å². The summed E-state index contributed by atoms with van der Waals surface area (Å²) in [6, 6.07) is 6.73. The number of hydrogen-bond donors (Lipinski definition) is 1. The Labute approximate surface area is 131 Å². The van der Waals surface area contributed by atoms with E-state index in [1.165, 1.54) is 13.4 Å². The summed E-state index contributed by atoms with van der Waals surface area (Å²) in [6.45, 7) is -0.178. The molecule has 0 bridgehead atoms. The molecule has 1 aromatic carbocycles. The molecule has 0 amide bonds. The fourth-order valence-corrected chi connectivity index (χ4v) is 2.96. The molecule has 0 fully saturated rings. The maximum Gasteiger partial charge on any atom is 0.416 e. The quantitative estimate of drug-likeness (QED) is 0.871. The summed E-state index contributed by atoms with van der Waals surface area (Å²) in [6.07, 6.45) is -3.90. The third kappa shape index (κ3) is 4.34. The lowest BCUT2D eigenvalue weighted by molar-refractivity contribution is -0.137. The van der Waals surface area contributed by atoms with Crippen LogP contribution in [0, 0.1) is 0 Å². The highest BCUT2D eigenvalue weighted by Gasteiger charge is 2.31. The van der Waals surface area contributed by atoms with Gasteiger partial charge in [-0.15, -0.1) is 0 Å². The first-order valence-electron chi connectivity index (χ1n) is 6.47. The molecule has 5 nitrogen and oxygen atoms in total. The molecule has 9 heteroatoms. The van der Waals surface area contributed by atoms with Crippen molar-refractivity contribution in [3.8, 4) is 0 Å². The number of methoxy groups -OCH3 is 1. The molecule has 0 saturated heterocycles. The lowest BCUT2D eigenvalue weighted by atomic mass is 10.2. The van der Waals surface area contributed by atoms with E-state index in [9.17, 15) is 21.6 Å². The van der Waals surface area contributed by atoms with Crippen molar-refractivity contribution in [2.45, 2.75) is 17.2 Å². The predicted molar refractivity (Wildman–Crippen MR) is 75.1 cm³/mol. The van der Waals surface area contributed by atoms with Gasteiger partial charge in [0.1, 0.15) is 11.9 Å². The van der Waals surface area contributed by atoms with Crippen molar-refractivity contribution < 1.29 is 30.7 Å². The average Bonchev–Trinajstić information content (AvgIpc) is 3.01. The Morgan fingerprint density at radius 3 is 2.57 bits per heavy atom. The smallest absolute Gasteiger partial charge is 0.416 e. The largest absolute Gasteiger partial charge is 0.467 e. The van der Waals surface area contributed by atoms with E-state index >= 15 is 0 Å². The van der Waals surface area contributed by atoms with E-state index in [-0.39, 0.29) is 6.54 Å². The number of furan rings is 1. The second-order valence-corrected chi connectivity index (χ2v) is 6.38. The van der Waals surface area contributed by atoms with E-state index < -0.39 is 32.8 Å². The molecule has 1 heterocycles. The van der Waals surface area contributed by atoms with E-state index in [1.807, 2.05) is 0 Å². The van der Waals surface area contributed by atoms with Crippen LogP contribution in [0.15, 0.2) is 52.0 Å². The van der Waals surface area contributed by atoms with Gasteiger partial charge < -0.3 is 9.15 Å². The fourth-order valence-electron chi connectivity index (χ4n) is 1.88. The van der Waals surface area contributed by atoms with Gasteiger partial charge in [0.2, 0.25) is 10.0 Å². The Kier molecular flexibility index (Phi) is 5.12. The zero-order valence-electron chi connectivity index (χ0n) is 12.0. The monoisotopic (exact) mass is 349 g/mol. The highest BCUT2D eigenvalue weighted by atomic mass is 32.2. The minimum Gasteiger partial charge on any atom is -0.467 e. The van der Waals surface area contributed by atoms with Crippen molar-refractivity contribution in [2.24, 2.45) is 0 Å². The SMILES string of the molecule is CO[C@H](CNS(=O)(=O)c1cccc(C(F)(F)F)c1)c1ccco1. The van der Waals surface area contributed by atoms with Crippen molar-refractivity contribution in [2.75, 3.05) is 13.7 Å². The summed E-state index contributed by atoms with van der Waals surface area (Å²) < 4.78 is 74.7. The lowest BCUT2D eigenvalue weighted by Gasteiger charge is -2.14. The second kappa shape index (κ2) is 6.73. The third-order valence-corrected chi connectivity index (χ3v) is 4.50. The molecule has 0 spiro atoms. The molecule has 1 N–H and O–H groups in total. The van der Waals surface area contributed by atoms with Gasteiger partial charge in [-0.2, -0.15) is 13.2 Å². The van der Waals surface area contributed by atoms with Gasteiger partial charge in [0, 0.05) is 13.7 Å². The number of benzene rings is 1. The topological polar surface area (TPSA) is 68.5 Å².